The van der Waals surface area contributed by atoms with Crippen molar-refractivity contribution in [3.05, 3.63) is 95.2 Å². The number of anilines is 1. The Labute approximate surface area is 220 Å². The summed E-state index contributed by atoms with van der Waals surface area (Å²) < 4.78 is 21.6. The third-order valence-corrected chi connectivity index (χ3v) is 6.21. The Balaban J connectivity index is 0.00000294. The van der Waals surface area contributed by atoms with Gasteiger partial charge in [-0.2, -0.15) is 5.10 Å². The minimum Gasteiger partial charge on any atom is -0.508 e. The minimum atomic E-state index is -0.665. The summed E-state index contributed by atoms with van der Waals surface area (Å²) in [6.45, 7) is 1.80. The molecule has 9 nitrogen and oxygen atoms in total. The number of fused-ring (bicyclic) bond motifs is 2. The Morgan fingerprint density at radius 1 is 1.03 bits per heavy atom. The summed E-state index contributed by atoms with van der Waals surface area (Å²) in [5.74, 6) is -0.456. The molecule has 0 aliphatic heterocycles. The van der Waals surface area contributed by atoms with Crippen LogP contribution < -0.4 is 11.4 Å². The SMILES string of the molecule is CC(c1oc(=O)c2ccccc2c1-c1ccccn1)n1nc(-c2cc(O)cc(F)c2)c2c(N)ncnc21.Cl. The molecule has 0 aliphatic carbocycles. The Bertz CT molecular complexity index is 1850. The van der Waals surface area contributed by atoms with E-state index in [0.717, 1.165) is 6.07 Å². The maximum atomic E-state index is 14.2. The van der Waals surface area contributed by atoms with E-state index in [1.54, 1.807) is 36.0 Å². The van der Waals surface area contributed by atoms with Crippen molar-refractivity contribution < 1.29 is 13.9 Å². The number of hydrogen-bond acceptors (Lipinski definition) is 8. The number of aromatic hydroxyl groups is 1. The number of nitrogens with two attached hydrogens (primary N) is 1. The van der Waals surface area contributed by atoms with E-state index in [1.165, 1.54) is 18.5 Å². The molecule has 6 rings (SSSR count). The maximum absolute atomic E-state index is 14.2. The van der Waals surface area contributed by atoms with E-state index in [0.29, 0.717) is 44.4 Å². The van der Waals surface area contributed by atoms with Gasteiger partial charge in [-0.25, -0.2) is 23.8 Å². The Kier molecular flexibility index (Phi) is 6.25. The number of nitrogen functional groups attached to an aromatic ring is 1. The fourth-order valence-corrected chi connectivity index (χ4v) is 4.58. The van der Waals surface area contributed by atoms with Gasteiger partial charge in [-0.1, -0.05) is 24.3 Å². The van der Waals surface area contributed by atoms with Crippen molar-refractivity contribution in [3.63, 3.8) is 0 Å². The van der Waals surface area contributed by atoms with Crippen LogP contribution in [0.2, 0.25) is 0 Å². The molecule has 2 aromatic carbocycles. The zero-order valence-electron chi connectivity index (χ0n) is 19.9. The number of benzene rings is 2. The highest BCUT2D eigenvalue weighted by molar-refractivity contribution is 5.99. The van der Waals surface area contributed by atoms with Crippen molar-refractivity contribution in [1.29, 1.82) is 0 Å². The van der Waals surface area contributed by atoms with E-state index >= 15 is 0 Å². The van der Waals surface area contributed by atoms with Crippen molar-refractivity contribution in [2.75, 3.05) is 5.73 Å². The number of phenolic OH excluding ortho intramolecular Hbond substituents is 1. The van der Waals surface area contributed by atoms with Gasteiger partial charge in [-0.15, -0.1) is 12.4 Å². The Hall–Kier alpha value is -4.83. The molecular weight excluding hydrogens is 511 g/mol. The standard InChI is InChI=1S/C27H19FN6O3.ClH/c1-14(24-21(20-8-4-5-9-30-20)18-6-2-3-7-19(18)27(36)37-24)34-26-22(25(29)31-13-32-26)23(33-34)15-10-16(28)12-17(35)11-15;/h2-14,35H,1H3,(H2,29,31,32);1H. The van der Waals surface area contributed by atoms with Crippen LogP contribution in [0, 0.1) is 5.82 Å². The van der Waals surface area contributed by atoms with Crippen LogP contribution in [0.5, 0.6) is 5.75 Å². The predicted octanol–water partition coefficient (Wildman–Crippen LogP) is 5.12. The summed E-state index contributed by atoms with van der Waals surface area (Å²) in [5.41, 5.74) is 7.87. The maximum Gasteiger partial charge on any atom is 0.343 e. The number of hydrogen-bond donors (Lipinski definition) is 2. The highest BCUT2D eigenvalue weighted by Gasteiger charge is 2.27. The molecular formula is C27H20ClFN6O3. The van der Waals surface area contributed by atoms with E-state index in [-0.39, 0.29) is 29.7 Å². The second-order valence-electron chi connectivity index (χ2n) is 8.51. The molecule has 1 unspecified atom stereocenters. The molecule has 3 N–H and O–H groups in total. The first-order valence-electron chi connectivity index (χ1n) is 11.4. The summed E-state index contributed by atoms with van der Waals surface area (Å²) >= 11 is 0. The molecule has 0 bridgehead atoms. The van der Waals surface area contributed by atoms with E-state index in [4.69, 9.17) is 15.2 Å². The quantitative estimate of drug-likeness (QED) is 0.321. The lowest BCUT2D eigenvalue weighted by Gasteiger charge is -2.17. The number of pyridine rings is 1. The van der Waals surface area contributed by atoms with Gasteiger partial charge in [0.2, 0.25) is 0 Å². The van der Waals surface area contributed by atoms with Crippen LogP contribution in [0.25, 0.3) is 44.3 Å². The first-order valence-corrected chi connectivity index (χ1v) is 11.4. The van der Waals surface area contributed by atoms with Gasteiger partial charge in [0, 0.05) is 28.8 Å². The first-order chi connectivity index (χ1) is 17.9. The van der Waals surface area contributed by atoms with E-state index in [2.05, 4.69) is 15.0 Å². The summed E-state index contributed by atoms with van der Waals surface area (Å²) in [5, 5.41) is 16.2. The lowest BCUT2D eigenvalue weighted by Crippen LogP contribution is -2.15. The van der Waals surface area contributed by atoms with Crippen LogP contribution in [-0.4, -0.2) is 29.8 Å². The molecule has 0 saturated heterocycles. The molecule has 4 aromatic heterocycles. The molecule has 0 saturated carbocycles. The normalized spacial score (nSPS) is 11.9. The van der Waals surface area contributed by atoms with Gasteiger partial charge in [-0.3, -0.25) is 4.98 Å². The minimum absolute atomic E-state index is 0. The second-order valence-corrected chi connectivity index (χ2v) is 8.51. The number of nitrogens with zero attached hydrogens (tertiary/aromatic N) is 5. The predicted molar refractivity (Wildman–Crippen MR) is 144 cm³/mol. The third-order valence-electron chi connectivity index (χ3n) is 6.21. The molecule has 6 aromatic rings. The van der Waals surface area contributed by atoms with E-state index in [9.17, 15) is 14.3 Å². The topological polar surface area (TPSA) is 133 Å². The van der Waals surface area contributed by atoms with Gasteiger partial charge < -0.3 is 15.3 Å². The monoisotopic (exact) mass is 530 g/mol. The molecule has 11 heteroatoms. The fraction of sp³-hybridized carbons (Fsp3) is 0.0741. The van der Waals surface area contributed by atoms with Crippen molar-refractivity contribution in [2.45, 2.75) is 13.0 Å². The Morgan fingerprint density at radius 2 is 1.79 bits per heavy atom. The summed E-state index contributed by atoms with van der Waals surface area (Å²) in [4.78, 5) is 26.0. The molecule has 0 fully saturated rings. The first kappa shape index (κ1) is 24.8. The van der Waals surface area contributed by atoms with Crippen LogP contribution in [0.4, 0.5) is 10.2 Å². The molecule has 0 spiro atoms. The van der Waals surface area contributed by atoms with E-state index < -0.39 is 17.5 Å². The van der Waals surface area contributed by atoms with E-state index in [1.807, 2.05) is 24.3 Å². The van der Waals surface area contributed by atoms with Crippen molar-refractivity contribution in [1.82, 2.24) is 24.7 Å². The zero-order valence-corrected chi connectivity index (χ0v) is 20.7. The average molecular weight is 531 g/mol. The summed E-state index contributed by atoms with van der Waals surface area (Å²) in [6, 6.07) is 15.6. The van der Waals surface area contributed by atoms with Gasteiger partial charge >= 0.3 is 5.63 Å². The number of phenols is 1. The van der Waals surface area contributed by atoms with Crippen molar-refractivity contribution >= 4 is 40.0 Å². The van der Waals surface area contributed by atoms with Crippen molar-refractivity contribution in [3.8, 4) is 28.3 Å². The molecule has 190 valence electrons. The largest absolute Gasteiger partial charge is 0.508 e. The zero-order chi connectivity index (χ0) is 25.7. The van der Waals surface area contributed by atoms with Crippen LogP contribution in [0.1, 0.15) is 18.7 Å². The Morgan fingerprint density at radius 3 is 2.53 bits per heavy atom. The highest BCUT2D eigenvalue weighted by atomic mass is 35.5. The number of rotatable bonds is 4. The lowest BCUT2D eigenvalue weighted by molar-refractivity contribution is 0.405. The molecule has 0 amide bonds. The van der Waals surface area contributed by atoms with Gasteiger partial charge in [0.05, 0.1) is 16.5 Å². The van der Waals surface area contributed by atoms with Crippen LogP contribution >= 0.6 is 12.4 Å². The molecule has 4 heterocycles. The number of halogens is 2. The van der Waals surface area contributed by atoms with Crippen LogP contribution in [0.15, 0.2) is 82.4 Å². The molecule has 38 heavy (non-hydrogen) atoms. The molecule has 0 aliphatic rings. The van der Waals surface area contributed by atoms with Gasteiger partial charge in [0.1, 0.15) is 41.2 Å². The van der Waals surface area contributed by atoms with Crippen LogP contribution in [-0.2, 0) is 0 Å². The van der Waals surface area contributed by atoms with Gasteiger partial charge in [0.25, 0.3) is 0 Å². The fourth-order valence-electron chi connectivity index (χ4n) is 4.58. The third kappa shape index (κ3) is 4.00. The second kappa shape index (κ2) is 9.56. The highest BCUT2D eigenvalue weighted by Crippen LogP contribution is 2.38. The van der Waals surface area contributed by atoms with Crippen LogP contribution in [0.3, 0.4) is 0 Å². The smallest absolute Gasteiger partial charge is 0.343 e. The van der Waals surface area contributed by atoms with Gasteiger partial charge in [-0.05, 0) is 37.3 Å². The lowest BCUT2D eigenvalue weighted by atomic mass is 9.99. The summed E-state index contributed by atoms with van der Waals surface area (Å²) in [7, 11) is 0. The summed E-state index contributed by atoms with van der Waals surface area (Å²) in [6.07, 6.45) is 2.96. The van der Waals surface area contributed by atoms with Gasteiger partial charge in [0.15, 0.2) is 5.65 Å². The number of aromatic nitrogens is 5. The molecule has 1 atom stereocenters. The van der Waals surface area contributed by atoms with Crippen molar-refractivity contribution in [2.24, 2.45) is 0 Å². The molecule has 0 radical (unpaired) electrons. The average Bonchev–Trinajstić information content (AvgIpc) is 3.29.